The second-order valence-electron chi connectivity index (χ2n) is 33.6. The lowest BCUT2D eigenvalue weighted by Crippen LogP contribution is -2.74. The molecule has 124 heavy (non-hydrogen) atoms. The summed E-state index contributed by atoms with van der Waals surface area (Å²) in [5, 5.41) is 22.7. The highest BCUT2D eigenvalue weighted by Crippen LogP contribution is 2.51. The number of hydrogen-bond acceptors (Lipinski definition) is 4. The van der Waals surface area contributed by atoms with Crippen molar-refractivity contribution in [2.45, 2.75) is 39.5 Å². The third-order valence-electron chi connectivity index (χ3n) is 26.0. The number of furan rings is 2. The minimum atomic E-state index is -2.85. The third kappa shape index (κ3) is 12.6. The van der Waals surface area contributed by atoms with Gasteiger partial charge in [0, 0.05) is 44.3 Å². The second-order valence-corrected chi connectivity index (χ2v) is 41.3. The molecule has 0 spiro atoms. The fourth-order valence-electron chi connectivity index (χ4n) is 20.4. The Labute approximate surface area is 725 Å². The fraction of sp³-hybridized carbons (Fsp3) is 0.0508. The van der Waals surface area contributed by atoms with E-state index >= 15 is 0 Å². The maximum atomic E-state index is 6.98. The molecule has 0 aliphatic carbocycles. The van der Waals surface area contributed by atoms with Gasteiger partial charge in [-0.25, -0.2) is 0 Å². The highest BCUT2D eigenvalue weighted by molar-refractivity contribution is 7.20. The van der Waals surface area contributed by atoms with Crippen LogP contribution in [-0.2, 0) is 0 Å². The Bertz CT molecular complexity index is 7070. The van der Waals surface area contributed by atoms with E-state index in [2.05, 4.69) is 486 Å². The van der Waals surface area contributed by atoms with E-state index in [1.54, 1.807) is 0 Å². The molecule has 0 saturated heterocycles. The minimum absolute atomic E-state index is 0.236. The summed E-state index contributed by atoms with van der Waals surface area (Å²) in [7, 11) is -5.69. The van der Waals surface area contributed by atoms with Gasteiger partial charge in [0.05, 0.1) is 11.4 Å². The number of rotatable bonds is 20. The average molecular weight is 1620 g/mol. The highest BCUT2D eigenvalue weighted by atomic mass is 28.3. The van der Waals surface area contributed by atoms with Crippen LogP contribution < -0.4 is 51.3 Å². The first-order valence-corrected chi connectivity index (χ1v) is 47.3. The summed E-state index contributed by atoms with van der Waals surface area (Å²) in [6.45, 7) is 9.40. The van der Waals surface area contributed by atoms with Gasteiger partial charge in [0.2, 0.25) is 0 Å². The van der Waals surface area contributed by atoms with Gasteiger partial charge in [-0.05, 0) is 226 Å². The molecule has 0 fully saturated rings. The van der Waals surface area contributed by atoms with Crippen LogP contribution in [0.2, 0.25) is 0 Å². The summed E-state index contributed by atoms with van der Waals surface area (Å²) in [5.74, 6) is 0.472. The first-order valence-electron chi connectivity index (χ1n) is 43.3. The lowest BCUT2D eigenvalue weighted by molar-refractivity contribution is 0.668. The number of fused-ring (bicyclic) bond motifs is 6. The Morgan fingerprint density at radius 2 is 0.484 bits per heavy atom. The quantitative estimate of drug-likeness (QED) is 0.0433. The van der Waals surface area contributed by atoms with Crippen LogP contribution >= 0.6 is 0 Å². The van der Waals surface area contributed by atoms with Crippen molar-refractivity contribution in [3.63, 3.8) is 0 Å². The molecule has 0 aliphatic heterocycles. The SMILES string of the molecule is CC(C)c1cc(-c2ccc(N(c3cccc(-c4cccc([Si](c5ccccc5)(c5ccccc5)c5ccccc5)c4)c3)c3cccc4c3oc3ccccc34)cc2)c2ccc3c(C(C)C)cc(-c4ccc(N(c5cccc(-c6cccc([Si](c7ccccc7)(c7ccccc7)c7ccccc7)c6)c5)c5cccc6c5oc5ccccc56)cc4)c4ccc1c2c43. The van der Waals surface area contributed by atoms with Gasteiger partial charge in [-0.15, -0.1) is 0 Å². The third-order valence-corrected chi connectivity index (χ3v) is 35.6. The topological polar surface area (TPSA) is 32.8 Å². The zero-order valence-electron chi connectivity index (χ0n) is 69.6. The molecule has 2 aromatic heterocycles. The van der Waals surface area contributed by atoms with Crippen LogP contribution in [0.1, 0.15) is 50.7 Å². The number of benzene rings is 20. The van der Waals surface area contributed by atoms with Crippen LogP contribution in [0, 0.1) is 0 Å². The van der Waals surface area contributed by atoms with Crippen LogP contribution in [0.15, 0.2) is 458 Å². The summed E-state index contributed by atoms with van der Waals surface area (Å²) in [5.41, 5.74) is 21.3. The van der Waals surface area contributed by atoms with Crippen LogP contribution in [0.4, 0.5) is 34.1 Å². The first kappa shape index (κ1) is 75.3. The van der Waals surface area contributed by atoms with Crippen molar-refractivity contribution in [2.24, 2.45) is 0 Å². The Morgan fingerprint density at radius 1 is 0.202 bits per heavy atom. The maximum Gasteiger partial charge on any atom is 0.179 e. The predicted molar refractivity (Wildman–Crippen MR) is 531 cm³/mol. The monoisotopic (exact) mass is 1620 g/mol. The van der Waals surface area contributed by atoms with E-state index in [0.717, 1.165) is 111 Å². The molecule has 20 aromatic carbocycles. The van der Waals surface area contributed by atoms with Crippen molar-refractivity contribution >= 4 is 168 Å². The molecule has 590 valence electrons. The fourth-order valence-corrected chi connectivity index (χ4v) is 30.0. The standard InChI is InChI=1S/C118H88N2O2Si2/c1-79(2)107-77-109(81-61-65-87(66-62-81)119(111-57-31-55-105-99-53-23-25-59-113(99)121-117(105)111)89-37-27-33-83(73-89)85-35-29-51-97(75-85)123(91-39-11-5-12-40-91,92-41-13-6-14-42-92)93-43-15-7-16-44-93)103-72-70-102-108(80(3)4)78-110(104-71-69-101(107)115(103)116(102)104)82-63-67-88(68-64-82)120(112-58-32-56-106-100-54-24-26-60-114(100)122-118(106)112)90-38-28-34-84(74-90)86-36-30-52-98(76-86)124(94-45-17-8-18-46-94,95-47-19-9-20-48-95)96-49-21-10-22-50-96/h5-80H,1-4H3. The van der Waals surface area contributed by atoms with Crippen molar-refractivity contribution in [1.82, 2.24) is 0 Å². The predicted octanol–water partition coefficient (Wildman–Crippen LogP) is 27.0. The van der Waals surface area contributed by atoms with Gasteiger partial charge in [0.25, 0.3) is 0 Å². The summed E-state index contributed by atoms with van der Waals surface area (Å²) in [6.07, 6.45) is 0. The lowest BCUT2D eigenvalue weighted by Gasteiger charge is -2.34. The lowest BCUT2D eigenvalue weighted by atomic mass is 9.81. The molecule has 0 saturated carbocycles. The van der Waals surface area contributed by atoms with Crippen molar-refractivity contribution < 1.29 is 8.83 Å². The van der Waals surface area contributed by atoms with E-state index in [1.165, 1.54) is 96.1 Å². The van der Waals surface area contributed by atoms with Gasteiger partial charge < -0.3 is 18.6 Å². The van der Waals surface area contributed by atoms with Gasteiger partial charge >= 0.3 is 0 Å². The number of para-hydroxylation sites is 4. The molecule has 22 rings (SSSR count). The van der Waals surface area contributed by atoms with Crippen LogP contribution in [0.25, 0.3) is 121 Å². The Hall–Kier alpha value is -14.9. The molecule has 0 aliphatic rings. The maximum absolute atomic E-state index is 6.98. The van der Waals surface area contributed by atoms with E-state index in [1.807, 2.05) is 0 Å². The van der Waals surface area contributed by atoms with Crippen molar-refractivity contribution in [2.75, 3.05) is 9.80 Å². The molecular weight excluding hydrogens is 1530 g/mol. The van der Waals surface area contributed by atoms with E-state index < -0.39 is 16.1 Å². The Morgan fingerprint density at radius 3 is 0.823 bits per heavy atom. The summed E-state index contributed by atoms with van der Waals surface area (Å²) < 4.78 is 14.0. The van der Waals surface area contributed by atoms with Gasteiger partial charge in [0.1, 0.15) is 11.2 Å². The molecule has 0 unspecified atom stereocenters. The smallest absolute Gasteiger partial charge is 0.179 e. The average Bonchev–Trinajstić information content (AvgIpc) is 0.928. The molecule has 6 heteroatoms. The van der Waals surface area contributed by atoms with E-state index in [-0.39, 0.29) is 11.8 Å². The normalized spacial score (nSPS) is 12.0. The van der Waals surface area contributed by atoms with Crippen molar-refractivity contribution in [1.29, 1.82) is 0 Å². The first-order chi connectivity index (χ1) is 61.1. The molecule has 2 heterocycles. The number of anilines is 6. The minimum Gasteiger partial charge on any atom is -0.454 e. The van der Waals surface area contributed by atoms with Crippen molar-refractivity contribution in [3.8, 4) is 44.5 Å². The number of hydrogen-bond donors (Lipinski definition) is 0. The molecule has 0 radical (unpaired) electrons. The van der Waals surface area contributed by atoms with E-state index in [0.29, 0.717) is 0 Å². The summed E-state index contributed by atoms with van der Waals surface area (Å²) >= 11 is 0. The zero-order valence-corrected chi connectivity index (χ0v) is 71.6. The highest BCUT2D eigenvalue weighted by Gasteiger charge is 2.43. The summed E-state index contributed by atoms with van der Waals surface area (Å²) in [6, 6.07) is 167. The molecule has 22 aromatic rings. The van der Waals surface area contributed by atoms with Crippen LogP contribution in [0.5, 0.6) is 0 Å². The Kier molecular flexibility index (Phi) is 19.0. The molecule has 0 bridgehead atoms. The van der Waals surface area contributed by atoms with Crippen molar-refractivity contribution in [3.05, 3.63) is 460 Å². The van der Waals surface area contributed by atoms with Crippen LogP contribution in [0.3, 0.4) is 0 Å². The molecule has 0 amide bonds. The molecule has 4 nitrogen and oxygen atoms in total. The molecular formula is C118H88N2O2Si2. The van der Waals surface area contributed by atoms with Gasteiger partial charge in [0.15, 0.2) is 27.3 Å². The van der Waals surface area contributed by atoms with E-state index in [4.69, 9.17) is 8.83 Å². The number of nitrogens with zero attached hydrogens (tertiary/aromatic N) is 2. The van der Waals surface area contributed by atoms with Gasteiger partial charge in [-0.1, -0.05) is 392 Å². The summed E-state index contributed by atoms with van der Waals surface area (Å²) in [4.78, 5) is 4.80. The van der Waals surface area contributed by atoms with Gasteiger partial charge in [-0.3, -0.25) is 0 Å². The molecule has 0 N–H and O–H groups in total. The van der Waals surface area contributed by atoms with E-state index in [9.17, 15) is 0 Å². The van der Waals surface area contributed by atoms with Gasteiger partial charge in [-0.2, -0.15) is 0 Å². The molecule has 0 atom stereocenters. The zero-order chi connectivity index (χ0) is 83.0. The van der Waals surface area contributed by atoms with Crippen LogP contribution in [-0.4, -0.2) is 16.1 Å². The Balaban J connectivity index is 0.661. The largest absolute Gasteiger partial charge is 0.454 e. The second kappa shape index (κ2) is 31.3.